The van der Waals surface area contributed by atoms with Crippen LogP contribution in [0.4, 0.5) is 0 Å². The third-order valence-electron chi connectivity index (χ3n) is 4.85. The first-order valence-corrected chi connectivity index (χ1v) is 10.5. The summed E-state index contributed by atoms with van der Waals surface area (Å²) >= 11 is 0. The van der Waals surface area contributed by atoms with Crippen LogP contribution in [-0.4, -0.2) is 13.7 Å². The molecule has 0 aliphatic rings. The Morgan fingerprint density at radius 1 is 0.750 bits per heavy atom. The molecule has 28 heavy (non-hydrogen) atoms. The summed E-state index contributed by atoms with van der Waals surface area (Å²) in [4.78, 5) is 38.1. The second-order valence-corrected chi connectivity index (χ2v) is 9.84. The lowest BCUT2D eigenvalue weighted by molar-refractivity contribution is 0.320. The third kappa shape index (κ3) is 6.95. The molecule has 0 saturated heterocycles. The molecule has 160 valence electrons. The van der Waals surface area contributed by atoms with Gasteiger partial charge in [0, 0.05) is 12.1 Å². The Kier molecular flexibility index (Phi) is 8.71. The molecular formula is C22H39N3O3. The number of rotatable bonds is 10. The Morgan fingerprint density at radius 2 is 1.25 bits per heavy atom. The molecular weight excluding hydrogens is 354 g/mol. The first-order valence-electron chi connectivity index (χ1n) is 10.5. The second-order valence-electron chi connectivity index (χ2n) is 9.84. The highest BCUT2D eigenvalue weighted by atomic mass is 16.2. The lowest BCUT2D eigenvalue weighted by Crippen LogP contribution is -2.58. The normalized spacial score (nSPS) is 12.4. The number of allylic oxidation sites excluding steroid dienone is 1. The van der Waals surface area contributed by atoms with Crippen LogP contribution in [0.15, 0.2) is 27.0 Å². The van der Waals surface area contributed by atoms with E-state index < -0.39 is 22.6 Å². The van der Waals surface area contributed by atoms with Gasteiger partial charge in [-0.15, -0.1) is 6.58 Å². The summed E-state index contributed by atoms with van der Waals surface area (Å²) in [7, 11) is 0. The first-order chi connectivity index (χ1) is 12.9. The number of aromatic nitrogens is 3. The van der Waals surface area contributed by atoms with Crippen LogP contribution in [0.3, 0.4) is 0 Å². The summed E-state index contributed by atoms with van der Waals surface area (Å²) in [6, 6.07) is 0. The highest BCUT2D eigenvalue weighted by molar-refractivity contribution is 4.87. The molecule has 1 heterocycles. The maximum Gasteiger partial charge on any atom is 0.337 e. The number of hydrogen-bond acceptors (Lipinski definition) is 3. The van der Waals surface area contributed by atoms with Gasteiger partial charge in [-0.25, -0.2) is 28.1 Å². The van der Waals surface area contributed by atoms with Crippen molar-refractivity contribution in [2.75, 3.05) is 0 Å². The molecule has 0 amide bonds. The van der Waals surface area contributed by atoms with Crippen LogP contribution in [0.1, 0.15) is 86.5 Å². The summed E-state index contributed by atoms with van der Waals surface area (Å²) in [5, 5.41) is 0. The summed E-state index contributed by atoms with van der Waals surface area (Å²) in [6.45, 7) is 16.2. The smallest absolute Gasteiger partial charge is 0.247 e. The van der Waals surface area contributed by atoms with Crippen molar-refractivity contribution < 1.29 is 0 Å². The van der Waals surface area contributed by atoms with Crippen LogP contribution < -0.4 is 17.1 Å². The highest BCUT2D eigenvalue weighted by Gasteiger charge is 2.23. The molecule has 0 radical (unpaired) electrons. The lowest BCUT2D eigenvalue weighted by atomic mass is 9.89. The molecule has 0 bridgehead atoms. The average Bonchev–Trinajstić information content (AvgIpc) is 2.54. The molecule has 0 aliphatic heterocycles. The van der Waals surface area contributed by atoms with E-state index in [4.69, 9.17) is 0 Å². The zero-order valence-electron chi connectivity index (χ0n) is 18.7. The van der Waals surface area contributed by atoms with Crippen LogP contribution in [0.25, 0.3) is 0 Å². The number of hydrogen-bond donors (Lipinski definition) is 0. The van der Waals surface area contributed by atoms with Crippen molar-refractivity contribution in [2.45, 2.75) is 105 Å². The van der Waals surface area contributed by atoms with Gasteiger partial charge in [0.2, 0.25) is 0 Å². The van der Waals surface area contributed by atoms with E-state index in [9.17, 15) is 14.4 Å². The zero-order valence-corrected chi connectivity index (χ0v) is 18.7. The van der Waals surface area contributed by atoms with Crippen LogP contribution in [0.2, 0.25) is 0 Å². The fourth-order valence-electron chi connectivity index (χ4n) is 3.32. The minimum atomic E-state index is -0.695. The second kappa shape index (κ2) is 10.1. The number of nitrogens with zero attached hydrogens (tertiary/aromatic N) is 3. The Balaban J connectivity index is 2.80. The molecule has 0 spiro atoms. The van der Waals surface area contributed by atoms with Gasteiger partial charge in [0.1, 0.15) is 0 Å². The van der Waals surface area contributed by atoms with Gasteiger partial charge in [-0.3, -0.25) is 0 Å². The first kappa shape index (κ1) is 24.2. The van der Waals surface area contributed by atoms with Crippen molar-refractivity contribution in [3.05, 3.63) is 44.1 Å². The largest absolute Gasteiger partial charge is 0.337 e. The van der Waals surface area contributed by atoms with Crippen LogP contribution >= 0.6 is 0 Å². The molecule has 0 fully saturated rings. The maximum atomic E-state index is 12.8. The van der Waals surface area contributed by atoms with Gasteiger partial charge < -0.3 is 0 Å². The van der Waals surface area contributed by atoms with Gasteiger partial charge in [0.15, 0.2) is 0 Å². The van der Waals surface area contributed by atoms with E-state index in [1.165, 1.54) is 40.9 Å². The Bertz CT molecular complexity index is 814. The van der Waals surface area contributed by atoms with E-state index in [-0.39, 0.29) is 6.54 Å². The molecule has 6 nitrogen and oxygen atoms in total. The summed E-state index contributed by atoms with van der Waals surface area (Å²) in [5.41, 5.74) is -1.94. The quantitative estimate of drug-likeness (QED) is 0.447. The van der Waals surface area contributed by atoms with Crippen LogP contribution in [0, 0.1) is 5.41 Å². The fourth-order valence-corrected chi connectivity index (χ4v) is 3.32. The predicted molar refractivity (Wildman–Crippen MR) is 116 cm³/mol. The molecule has 1 aromatic heterocycles. The minimum absolute atomic E-state index is 0.0990. The standard InChI is InChI=1S/C22H39N3O3/c1-8-16-23-18(26)24(20(28)25(19(23)27)22(5,6)7)17-14-12-10-9-11-13-15-21(2,3)4/h8H,1,9-17H2,2-7H3. The van der Waals surface area contributed by atoms with Crippen molar-refractivity contribution >= 4 is 0 Å². The van der Waals surface area contributed by atoms with Crippen molar-refractivity contribution in [3.8, 4) is 0 Å². The predicted octanol–water partition coefficient (Wildman–Crippen LogP) is 3.89. The number of unbranched alkanes of at least 4 members (excludes halogenated alkanes) is 5. The topological polar surface area (TPSA) is 66.0 Å². The fraction of sp³-hybridized carbons (Fsp3) is 0.773. The molecule has 1 aromatic rings. The van der Waals surface area contributed by atoms with Crippen molar-refractivity contribution in [3.63, 3.8) is 0 Å². The molecule has 0 aliphatic carbocycles. The van der Waals surface area contributed by atoms with Crippen molar-refractivity contribution in [2.24, 2.45) is 5.41 Å². The van der Waals surface area contributed by atoms with E-state index >= 15 is 0 Å². The van der Waals surface area contributed by atoms with Gasteiger partial charge in [0.25, 0.3) is 0 Å². The molecule has 0 aromatic carbocycles. The molecule has 6 heteroatoms. The lowest BCUT2D eigenvalue weighted by Gasteiger charge is -2.23. The molecule has 1 rings (SSSR count). The maximum absolute atomic E-state index is 12.8. The van der Waals surface area contributed by atoms with Crippen molar-refractivity contribution in [1.29, 1.82) is 0 Å². The highest BCUT2D eigenvalue weighted by Crippen LogP contribution is 2.22. The Labute approximate surface area is 168 Å². The average molecular weight is 394 g/mol. The molecule has 0 saturated carbocycles. The van der Waals surface area contributed by atoms with Gasteiger partial charge >= 0.3 is 17.1 Å². The Hall–Kier alpha value is -1.85. The van der Waals surface area contributed by atoms with Gasteiger partial charge in [0.05, 0.1) is 6.54 Å². The van der Waals surface area contributed by atoms with E-state index in [1.54, 1.807) is 20.8 Å². The summed E-state index contributed by atoms with van der Waals surface area (Å²) < 4.78 is 3.46. The van der Waals surface area contributed by atoms with Gasteiger partial charge in [-0.2, -0.15) is 0 Å². The summed E-state index contributed by atoms with van der Waals surface area (Å²) in [6.07, 6.45) is 9.19. The van der Waals surface area contributed by atoms with Crippen LogP contribution in [-0.2, 0) is 18.6 Å². The van der Waals surface area contributed by atoms with E-state index in [0.29, 0.717) is 12.0 Å². The van der Waals surface area contributed by atoms with E-state index in [2.05, 4.69) is 27.4 Å². The third-order valence-corrected chi connectivity index (χ3v) is 4.85. The summed E-state index contributed by atoms with van der Waals surface area (Å²) in [5.74, 6) is 0. The van der Waals surface area contributed by atoms with Crippen molar-refractivity contribution in [1.82, 2.24) is 13.7 Å². The van der Waals surface area contributed by atoms with Gasteiger partial charge in [-0.1, -0.05) is 59.0 Å². The minimum Gasteiger partial charge on any atom is -0.247 e. The SMILES string of the molecule is C=CCn1c(=O)n(CCCCCCCCC(C)(C)C)c(=O)n(C(C)(C)C)c1=O. The Morgan fingerprint density at radius 3 is 1.75 bits per heavy atom. The van der Waals surface area contributed by atoms with E-state index in [0.717, 1.165) is 23.8 Å². The molecule has 0 unspecified atom stereocenters. The molecule has 0 atom stereocenters. The van der Waals surface area contributed by atoms with Crippen LogP contribution in [0.5, 0.6) is 0 Å². The monoisotopic (exact) mass is 393 g/mol. The molecule has 0 N–H and O–H groups in total. The van der Waals surface area contributed by atoms with E-state index in [1.807, 2.05) is 0 Å². The zero-order chi connectivity index (χ0) is 21.5. The van der Waals surface area contributed by atoms with Gasteiger partial charge in [-0.05, 0) is 39.0 Å².